The highest BCUT2D eigenvalue weighted by Gasteiger charge is 2.45. The number of nitrogens with one attached hydrogen (secondary N) is 2. The van der Waals surface area contributed by atoms with Crippen molar-refractivity contribution in [3.05, 3.63) is 76.7 Å². The van der Waals surface area contributed by atoms with Crippen molar-refractivity contribution in [3.63, 3.8) is 0 Å². The van der Waals surface area contributed by atoms with Crippen LogP contribution in [0.15, 0.2) is 48.7 Å². The molecule has 6 heterocycles. The molecule has 1 aromatic heterocycles. The van der Waals surface area contributed by atoms with E-state index in [-0.39, 0.29) is 41.5 Å². The lowest BCUT2D eigenvalue weighted by Gasteiger charge is -2.38. The summed E-state index contributed by atoms with van der Waals surface area (Å²) in [7, 11) is 0. The number of piperazine rings is 1. The number of aromatic nitrogens is 1. The van der Waals surface area contributed by atoms with Crippen LogP contribution in [0.3, 0.4) is 0 Å². The quantitative estimate of drug-likeness (QED) is 0.225. The molecule has 5 amide bonds. The fourth-order valence-corrected chi connectivity index (χ4v) is 9.11. The number of piperidine rings is 3. The number of rotatable bonds is 9. The molecule has 3 aromatic rings. The number of benzene rings is 2. The van der Waals surface area contributed by atoms with Gasteiger partial charge in [-0.3, -0.25) is 39.1 Å². The minimum atomic E-state index is -4.64. The number of carbonyl (C=O) groups excluding carboxylic acids is 5. The van der Waals surface area contributed by atoms with E-state index in [1.54, 1.807) is 23.2 Å². The van der Waals surface area contributed by atoms with Crippen LogP contribution in [0, 0.1) is 29.0 Å². The van der Waals surface area contributed by atoms with E-state index >= 15 is 4.39 Å². The summed E-state index contributed by atoms with van der Waals surface area (Å²) in [4.78, 5) is 77.1. The van der Waals surface area contributed by atoms with Crippen molar-refractivity contribution < 1.29 is 41.5 Å². The molecule has 2 N–H and O–H groups in total. The third-order valence-electron chi connectivity index (χ3n) is 12.7. The van der Waals surface area contributed by atoms with E-state index in [2.05, 4.69) is 25.4 Å². The predicted molar refractivity (Wildman–Crippen MR) is 215 cm³/mol. The Morgan fingerprint density at radius 2 is 1.48 bits per heavy atom. The number of pyridine rings is 1. The Morgan fingerprint density at radius 3 is 2.11 bits per heavy atom. The fraction of sp³-hybridized carbons (Fsp3) is 0.465. The Hall–Kier alpha value is -6.09. The average molecular weight is 844 g/mol. The molecule has 18 heteroatoms. The van der Waals surface area contributed by atoms with Gasteiger partial charge in [0.05, 0.1) is 45.9 Å². The summed E-state index contributed by atoms with van der Waals surface area (Å²) < 4.78 is 55.8. The van der Waals surface area contributed by atoms with Gasteiger partial charge in [-0.25, -0.2) is 9.37 Å². The summed E-state index contributed by atoms with van der Waals surface area (Å²) in [5.41, 5.74) is 0.185. The number of nitrogens with zero attached hydrogens (tertiary/aromatic N) is 7. The normalized spacial score (nSPS) is 20.8. The van der Waals surface area contributed by atoms with Crippen molar-refractivity contribution in [2.24, 2.45) is 11.8 Å². The lowest BCUT2D eigenvalue weighted by Crippen LogP contribution is -2.54. The third-order valence-corrected chi connectivity index (χ3v) is 12.7. The van der Waals surface area contributed by atoms with Gasteiger partial charge in [0.2, 0.25) is 17.7 Å². The molecule has 4 saturated heterocycles. The van der Waals surface area contributed by atoms with Crippen LogP contribution in [0.4, 0.5) is 40.4 Å². The molecule has 0 aliphatic carbocycles. The minimum absolute atomic E-state index is 0.00467. The van der Waals surface area contributed by atoms with Crippen molar-refractivity contribution in [3.8, 4) is 6.07 Å². The highest BCUT2D eigenvalue weighted by atomic mass is 19.4. The summed E-state index contributed by atoms with van der Waals surface area (Å²) in [5, 5.41) is 14.2. The Labute approximate surface area is 349 Å². The van der Waals surface area contributed by atoms with Gasteiger partial charge in [-0.05, 0) is 93.5 Å². The lowest BCUT2D eigenvalue weighted by molar-refractivity contribution is -0.138. The summed E-state index contributed by atoms with van der Waals surface area (Å²) in [6.45, 7) is 5.97. The van der Waals surface area contributed by atoms with Gasteiger partial charge in [-0.15, -0.1) is 0 Å². The zero-order valence-electron chi connectivity index (χ0n) is 33.3. The maximum Gasteiger partial charge on any atom is 0.417 e. The molecule has 1 unspecified atom stereocenters. The number of hydrogen-bond acceptors (Lipinski definition) is 11. The van der Waals surface area contributed by atoms with Crippen molar-refractivity contribution in [1.29, 1.82) is 5.26 Å². The van der Waals surface area contributed by atoms with Crippen LogP contribution in [-0.4, -0.2) is 109 Å². The van der Waals surface area contributed by atoms with E-state index in [1.165, 1.54) is 18.2 Å². The molecule has 320 valence electrons. The molecule has 0 radical (unpaired) electrons. The minimum Gasteiger partial charge on any atom is -0.371 e. The number of nitriles is 1. The number of halogens is 4. The van der Waals surface area contributed by atoms with Crippen LogP contribution in [0.25, 0.3) is 0 Å². The Kier molecular flexibility index (Phi) is 11.7. The van der Waals surface area contributed by atoms with E-state index in [0.717, 1.165) is 61.6 Å². The van der Waals surface area contributed by atoms with Gasteiger partial charge in [0.15, 0.2) is 0 Å². The first kappa shape index (κ1) is 41.6. The molecule has 0 spiro atoms. The molecular weight excluding hydrogens is 799 g/mol. The van der Waals surface area contributed by atoms with Gasteiger partial charge in [0.1, 0.15) is 17.7 Å². The van der Waals surface area contributed by atoms with Crippen LogP contribution in [0.5, 0.6) is 0 Å². The molecule has 14 nitrogen and oxygen atoms in total. The van der Waals surface area contributed by atoms with Crippen molar-refractivity contribution in [1.82, 2.24) is 20.1 Å². The number of imide groups is 2. The van der Waals surface area contributed by atoms with Crippen molar-refractivity contribution in [2.75, 3.05) is 78.9 Å². The van der Waals surface area contributed by atoms with Crippen LogP contribution in [0.2, 0.25) is 0 Å². The molecule has 61 heavy (non-hydrogen) atoms. The lowest BCUT2D eigenvalue weighted by atomic mass is 9.93. The summed E-state index contributed by atoms with van der Waals surface area (Å²) in [5.74, 6) is -2.69. The van der Waals surface area contributed by atoms with Gasteiger partial charge >= 0.3 is 6.18 Å². The molecule has 0 bridgehead atoms. The number of hydrogen-bond donors (Lipinski definition) is 2. The standard InChI is InChI=1S/C43H45F4N9O5/c44-34-22-31-32(42(61)56(41(31)60)35-4-6-38(57)51-40(35)59)23-36(34)55-19-17-52(18-20-55)12-7-26-8-13-54(14-9-26)30-3-5-37(49-25-30)50-39(58)27-10-15-53(16-11-27)29-2-1-28(24-48)33(21-29)43(45,46)47/h1-3,5,21-23,25-27,35H,4,6-20H2,(H,49,50,58)(H,51,57,59). The van der Waals surface area contributed by atoms with Gasteiger partial charge in [-0.2, -0.15) is 18.4 Å². The highest BCUT2D eigenvalue weighted by Crippen LogP contribution is 2.36. The van der Waals surface area contributed by atoms with Crippen molar-refractivity contribution >= 4 is 52.4 Å². The van der Waals surface area contributed by atoms with Crippen LogP contribution in [0.1, 0.15) is 76.8 Å². The number of amides is 5. The zero-order chi connectivity index (χ0) is 43.0. The Bertz CT molecular complexity index is 2260. The van der Waals surface area contributed by atoms with Gasteiger partial charge in [-0.1, -0.05) is 0 Å². The summed E-state index contributed by atoms with van der Waals surface area (Å²) in [6.07, 6.45) is 1.14. The molecule has 5 aliphatic rings. The highest BCUT2D eigenvalue weighted by molar-refractivity contribution is 6.23. The van der Waals surface area contributed by atoms with Crippen LogP contribution in [-0.2, 0) is 20.6 Å². The fourth-order valence-electron chi connectivity index (χ4n) is 9.11. The second kappa shape index (κ2) is 17.1. The molecule has 1 atom stereocenters. The van der Waals surface area contributed by atoms with Crippen LogP contribution >= 0.6 is 0 Å². The Morgan fingerprint density at radius 1 is 0.820 bits per heavy atom. The maximum absolute atomic E-state index is 15.4. The summed E-state index contributed by atoms with van der Waals surface area (Å²) in [6, 6.07) is 10.4. The van der Waals surface area contributed by atoms with Crippen LogP contribution < -0.4 is 25.3 Å². The van der Waals surface area contributed by atoms with Crippen molar-refractivity contribution in [2.45, 2.75) is 57.2 Å². The topological polar surface area (TPSA) is 162 Å². The molecule has 5 aliphatic heterocycles. The molecule has 4 fully saturated rings. The van der Waals surface area contributed by atoms with E-state index in [4.69, 9.17) is 5.26 Å². The molecule has 2 aromatic carbocycles. The average Bonchev–Trinajstić information content (AvgIpc) is 3.49. The van der Waals surface area contributed by atoms with E-state index < -0.39 is 52.8 Å². The smallest absolute Gasteiger partial charge is 0.371 e. The Balaban J connectivity index is 0.754. The first-order valence-corrected chi connectivity index (χ1v) is 20.7. The van der Waals surface area contributed by atoms with E-state index in [1.807, 2.05) is 11.0 Å². The van der Waals surface area contributed by atoms with E-state index in [9.17, 15) is 37.1 Å². The zero-order valence-corrected chi connectivity index (χ0v) is 33.3. The summed E-state index contributed by atoms with van der Waals surface area (Å²) >= 11 is 0. The third kappa shape index (κ3) is 8.74. The molecular formula is C43H45F4N9O5. The van der Waals surface area contributed by atoms with Gasteiger partial charge < -0.3 is 20.0 Å². The monoisotopic (exact) mass is 843 g/mol. The number of fused-ring (bicyclic) bond motifs is 1. The number of carbonyl (C=O) groups is 5. The second-order valence-corrected chi connectivity index (χ2v) is 16.3. The first-order chi connectivity index (χ1) is 29.3. The van der Waals surface area contributed by atoms with E-state index in [0.29, 0.717) is 69.5 Å². The first-order valence-electron chi connectivity index (χ1n) is 20.7. The van der Waals surface area contributed by atoms with Gasteiger partial charge in [0.25, 0.3) is 11.8 Å². The second-order valence-electron chi connectivity index (χ2n) is 16.3. The molecule has 0 saturated carbocycles. The number of alkyl halides is 3. The predicted octanol–water partition coefficient (Wildman–Crippen LogP) is 4.80. The maximum atomic E-state index is 15.4. The largest absolute Gasteiger partial charge is 0.417 e. The number of anilines is 4. The van der Waals surface area contributed by atoms with Gasteiger partial charge in [0, 0.05) is 70.4 Å². The SMILES string of the molecule is N#Cc1ccc(N2CCC(C(=O)Nc3ccc(N4CCC(CCN5CCN(c6cc7c(cc6F)C(=O)N(C6CCC(=O)NC6=O)C7=O)CC5)CC4)cn3)CC2)cc1C(F)(F)F. The molecule has 8 rings (SSSR count).